The molecule has 0 aliphatic carbocycles. The molecule has 0 spiro atoms. The minimum atomic E-state index is -0.328. The van der Waals surface area contributed by atoms with Gasteiger partial charge in [0.15, 0.2) is 0 Å². The predicted octanol–water partition coefficient (Wildman–Crippen LogP) is 2.91. The van der Waals surface area contributed by atoms with Crippen molar-refractivity contribution in [2.45, 2.75) is 13.8 Å². The van der Waals surface area contributed by atoms with Crippen LogP contribution in [0, 0.1) is 12.7 Å². The summed E-state index contributed by atoms with van der Waals surface area (Å²) >= 11 is 3.09. The van der Waals surface area contributed by atoms with E-state index < -0.39 is 0 Å². The molecule has 0 radical (unpaired) electrons. The molecule has 1 aromatic rings. The fourth-order valence-corrected chi connectivity index (χ4v) is 1.40. The number of nitrogens with two attached hydrogens (primary N) is 1. The molecule has 4 heteroatoms. The topological polar surface area (TPSA) is 38.4 Å². The van der Waals surface area contributed by atoms with Crippen LogP contribution in [0.1, 0.15) is 12.5 Å². The first-order valence-corrected chi connectivity index (χ1v) is 4.56. The van der Waals surface area contributed by atoms with Crippen LogP contribution in [0.25, 0.3) is 0 Å². The van der Waals surface area contributed by atoms with E-state index in [9.17, 15) is 4.39 Å². The fourth-order valence-electron chi connectivity index (χ4n) is 0.946. The van der Waals surface area contributed by atoms with Crippen molar-refractivity contribution in [3.05, 3.63) is 28.0 Å². The molecular formula is C9H10BrFN2. The summed E-state index contributed by atoms with van der Waals surface area (Å²) in [5.74, 6) is 0.0930. The first kappa shape index (κ1) is 10.2. The summed E-state index contributed by atoms with van der Waals surface area (Å²) in [5, 5.41) is 0. The molecule has 1 rings (SSSR count). The van der Waals surface area contributed by atoms with E-state index in [1.165, 1.54) is 6.07 Å². The Kier molecular flexibility index (Phi) is 3.03. The zero-order chi connectivity index (χ0) is 10.0. The van der Waals surface area contributed by atoms with E-state index in [0.717, 1.165) is 5.56 Å². The maximum atomic E-state index is 13.1. The third-order valence-electron chi connectivity index (χ3n) is 1.54. The molecule has 0 aromatic heterocycles. The summed E-state index contributed by atoms with van der Waals surface area (Å²) in [5.41, 5.74) is 6.85. The highest BCUT2D eigenvalue weighted by molar-refractivity contribution is 9.10. The van der Waals surface area contributed by atoms with Gasteiger partial charge in [-0.05, 0) is 41.4 Å². The number of hydrogen-bond acceptors (Lipinski definition) is 1. The quantitative estimate of drug-likeness (QED) is 0.599. The Labute approximate surface area is 84.8 Å². The number of amidine groups is 1. The summed E-state index contributed by atoms with van der Waals surface area (Å²) in [6.45, 7) is 3.52. The third kappa shape index (κ3) is 2.52. The second kappa shape index (κ2) is 3.87. The molecular weight excluding hydrogens is 235 g/mol. The van der Waals surface area contributed by atoms with Gasteiger partial charge < -0.3 is 5.73 Å². The number of benzene rings is 1. The van der Waals surface area contributed by atoms with Gasteiger partial charge in [-0.2, -0.15) is 0 Å². The lowest BCUT2D eigenvalue weighted by Crippen LogP contribution is -2.04. The highest BCUT2D eigenvalue weighted by Crippen LogP contribution is 2.25. The summed E-state index contributed by atoms with van der Waals surface area (Å²) in [7, 11) is 0. The summed E-state index contributed by atoms with van der Waals surface area (Å²) in [6, 6.07) is 3.03. The van der Waals surface area contributed by atoms with Crippen LogP contribution < -0.4 is 5.73 Å². The minimum absolute atomic E-state index is 0.328. The molecule has 1 aromatic carbocycles. The van der Waals surface area contributed by atoms with Crippen LogP contribution in [-0.2, 0) is 0 Å². The second-order valence-electron chi connectivity index (χ2n) is 2.81. The smallest absolute Gasteiger partial charge is 0.139 e. The Morgan fingerprint density at radius 1 is 1.54 bits per heavy atom. The molecule has 0 saturated heterocycles. The number of rotatable bonds is 1. The van der Waals surface area contributed by atoms with Crippen molar-refractivity contribution in [1.82, 2.24) is 0 Å². The highest BCUT2D eigenvalue weighted by atomic mass is 79.9. The standard InChI is InChI=1S/C9H10BrFN2/c1-5-3-7(10)8(11)4-9(5)13-6(2)12/h3-4H,1-2H3,(H2,12,13). The van der Waals surface area contributed by atoms with E-state index in [1.807, 2.05) is 6.92 Å². The zero-order valence-corrected chi connectivity index (χ0v) is 9.02. The van der Waals surface area contributed by atoms with Gasteiger partial charge in [-0.25, -0.2) is 9.38 Å². The molecule has 0 atom stereocenters. The van der Waals surface area contributed by atoms with E-state index in [-0.39, 0.29) is 5.82 Å². The van der Waals surface area contributed by atoms with E-state index in [1.54, 1.807) is 13.0 Å². The largest absolute Gasteiger partial charge is 0.387 e. The Hall–Kier alpha value is -0.900. The Morgan fingerprint density at radius 2 is 2.15 bits per heavy atom. The molecule has 0 bridgehead atoms. The molecule has 0 aliphatic heterocycles. The summed E-state index contributed by atoms with van der Waals surface area (Å²) in [4.78, 5) is 3.99. The number of halogens is 2. The normalized spacial score (nSPS) is 11.8. The second-order valence-corrected chi connectivity index (χ2v) is 3.66. The van der Waals surface area contributed by atoms with Gasteiger partial charge in [-0.15, -0.1) is 0 Å². The average molecular weight is 245 g/mol. The average Bonchev–Trinajstić information content (AvgIpc) is 1.99. The summed E-state index contributed by atoms with van der Waals surface area (Å²) in [6.07, 6.45) is 0. The van der Waals surface area contributed by atoms with E-state index in [2.05, 4.69) is 20.9 Å². The molecule has 70 valence electrons. The Morgan fingerprint density at radius 3 is 2.69 bits per heavy atom. The predicted molar refractivity (Wildman–Crippen MR) is 55.8 cm³/mol. The Bertz CT molecular complexity index is 357. The number of aryl methyl sites for hydroxylation is 1. The van der Waals surface area contributed by atoms with E-state index >= 15 is 0 Å². The van der Waals surface area contributed by atoms with Gasteiger partial charge in [-0.3, -0.25) is 0 Å². The number of hydrogen-bond donors (Lipinski definition) is 1. The monoisotopic (exact) mass is 244 g/mol. The van der Waals surface area contributed by atoms with E-state index in [0.29, 0.717) is 16.0 Å². The Balaban J connectivity index is 3.24. The maximum Gasteiger partial charge on any atom is 0.139 e. The van der Waals surface area contributed by atoms with Crippen molar-refractivity contribution in [3.8, 4) is 0 Å². The highest BCUT2D eigenvalue weighted by Gasteiger charge is 2.03. The van der Waals surface area contributed by atoms with Gasteiger partial charge >= 0.3 is 0 Å². The molecule has 0 fully saturated rings. The van der Waals surface area contributed by atoms with Crippen LogP contribution in [0.2, 0.25) is 0 Å². The molecule has 0 unspecified atom stereocenters. The van der Waals surface area contributed by atoms with Crippen molar-refractivity contribution in [3.63, 3.8) is 0 Å². The maximum absolute atomic E-state index is 13.1. The van der Waals surface area contributed by atoms with Gasteiger partial charge in [0.25, 0.3) is 0 Å². The first-order chi connectivity index (χ1) is 6.00. The summed E-state index contributed by atoms with van der Waals surface area (Å²) < 4.78 is 13.5. The van der Waals surface area contributed by atoms with Crippen LogP contribution in [0.5, 0.6) is 0 Å². The molecule has 2 N–H and O–H groups in total. The number of aliphatic imine (C=N–C) groups is 1. The van der Waals surface area contributed by atoms with Crippen molar-refractivity contribution in [2.24, 2.45) is 10.7 Å². The molecule has 0 heterocycles. The zero-order valence-electron chi connectivity index (χ0n) is 7.44. The molecule has 2 nitrogen and oxygen atoms in total. The van der Waals surface area contributed by atoms with Gasteiger partial charge in [0.2, 0.25) is 0 Å². The molecule has 13 heavy (non-hydrogen) atoms. The molecule has 0 amide bonds. The van der Waals surface area contributed by atoms with Crippen molar-refractivity contribution < 1.29 is 4.39 Å². The van der Waals surface area contributed by atoms with Crippen LogP contribution in [-0.4, -0.2) is 5.84 Å². The number of nitrogens with zero attached hydrogens (tertiary/aromatic N) is 1. The van der Waals surface area contributed by atoms with Gasteiger partial charge in [0, 0.05) is 6.07 Å². The van der Waals surface area contributed by atoms with Crippen LogP contribution in [0.4, 0.5) is 10.1 Å². The van der Waals surface area contributed by atoms with E-state index in [4.69, 9.17) is 5.73 Å². The molecule has 0 saturated carbocycles. The lowest BCUT2D eigenvalue weighted by atomic mass is 10.2. The SMILES string of the molecule is CC(N)=Nc1cc(F)c(Br)cc1C. The van der Waals surface area contributed by atoms with Gasteiger partial charge in [-0.1, -0.05) is 0 Å². The lowest BCUT2D eigenvalue weighted by Gasteiger charge is -2.02. The molecule has 0 aliphatic rings. The first-order valence-electron chi connectivity index (χ1n) is 3.77. The van der Waals surface area contributed by atoms with Gasteiger partial charge in [0.1, 0.15) is 5.82 Å². The van der Waals surface area contributed by atoms with Crippen LogP contribution in [0.15, 0.2) is 21.6 Å². The fraction of sp³-hybridized carbons (Fsp3) is 0.222. The lowest BCUT2D eigenvalue weighted by molar-refractivity contribution is 0.621. The van der Waals surface area contributed by atoms with Crippen LogP contribution in [0.3, 0.4) is 0 Å². The van der Waals surface area contributed by atoms with Crippen molar-refractivity contribution in [2.75, 3.05) is 0 Å². The third-order valence-corrected chi connectivity index (χ3v) is 2.14. The minimum Gasteiger partial charge on any atom is -0.387 e. The van der Waals surface area contributed by atoms with Crippen LogP contribution >= 0.6 is 15.9 Å². The van der Waals surface area contributed by atoms with Gasteiger partial charge in [0.05, 0.1) is 16.0 Å². The van der Waals surface area contributed by atoms with Crippen molar-refractivity contribution >= 4 is 27.5 Å². The van der Waals surface area contributed by atoms with Crippen molar-refractivity contribution in [1.29, 1.82) is 0 Å².